The van der Waals surface area contributed by atoms with Crippen LogP contribution in [0.5, 0.6) is 0 Å². The zero-order valence-corrected chi connectivity index (χ0v) is 20.4. The lowest BCUT2D eigenvalue weighted by molar-refractivity contribution is 0.264. The first-order valence-electron chi connectivity index (χ1n) is 11.5. The Morgan fingerprint density at radius 2 is 1.21 bits per heavy atom. The van der Waals surface area contributed by atoms with E-state index in [9.17, 15) is 16.8 Å². The Morgan fingerprint density at radius 3 is 1.70 bits per heavy atom. The Bertz CT molecular complexity index is 1260. The second-order valence-electron chi connectivity index (χ2n) is 10.4. The predicted molar refractivity (Wildman–Crippen MR) is 130 cm³/mol. The number of sulfone groups is 2. The molecule has 0 aromatic heterocycles. The Balaban J connectivity index is 1.67. The number of allylic oxidation sites excluding steroid dienone is 2. The van der Waals surface area contributed by atoms with Gasteiger partial charge in [0.1, 0.15) is 0 Å². The van der Waals surface area contributed by atoms with Crippen molar-refractivity contribution in [1.82, 2.24) is 0 Å². The molecule has 0 radical (unpaired) electrons. The van der Waals surface area contributed by atoms with Crippen LogP contribution < -0.4 is 0 Å². The summed E-state index contributed by atoms with van der Waals surface area (Å²) in [5, 5.41) is 0. The molecule has 0 heterocycles. The maximum atomic E-state index is 14.2. The molecule has 3 saturated carbocycles. The number of hydrogen-bond donors (Lipinski definition) is 0. The summed E-state index contributed by atoms with van der Waals surface area (Å²) in [6, 6.07) is 16.1. The van der Waals surface area contributed by atoms with E-state index in [0.717, 1.165) is 44.1 Å². The van der Waals surface area contributed by atoms with Gasteiger partial charge < -0.3 is 0 Å². The van der Waals surface area contributed by atoms with Crippen LogP contribution in [0.15, 0.2) is 94.8 Å². The molecular weight excluding hydrogens is 452 g/mol. The van der Waals surface area contributed by atoms with Crippen molar-refractivity contribution in [2.45, 2.75) is 65.2 Å². The SMILES string of the molecule is C=C1CCC2(CCC3(C2)CC(S(=O)(=O)c2ccccc2)(S(=O)(=O)c2ccccc2)CC3=C)C1. The molecule has 2 aromatic carbocycles. The van der Waals surface area contributed by atoms with Gasteiger partial charge in [-0.3, -0.25) is 0 Å². The molecule has 0 saturated heterocycles. The lowest BCUT2D eigenvalue weighted by atomic mass is 9.75. The average molecular weight is 483 g/mol. The number of rotatable bonds is 4. The predicted octanol–water partition coefficient (Wildman–Crippen LogP) is 5.88. The Kier molecular flexibility index (Phi) is 5.07. The summed E-state index contributed by atoms with van der Waals surface area (Å²) < 4.78 is 54.8. The molecule has 3 fully saturated rings. The smallest absolute Gasteiger partial charge is 0.199 e. The zero-order valence-electron chi connectivity index (χ0n) is 18.8. The van der Waals surface area contributed by atoms with Crippen LogP contribution in [0.1, 0.15) is 51.4 Å². The molecular formula is C27H30O4S2. The topological polar surface area (TPSA) is 68.3 Å². The highest BCUT2D eigenvalue weighted by molar-refractivity contribution is 8.10. The lowest BCUT2D eigenvalue weighted by Crippen LogP contribution is -2.45. The molecule has 3 aliphatic carbocycles. The molecule has 2 aromatic rings. The molecule has 0 N–H and O–H groups in total. The molecule has 33 heavy (non-hydrogen) atoms. The van der Waals surface area contributed by atoms with Gasteiger partial charge in [-0.05, 0) is 80.0 Å². The van der Waals surface area contributed by atoms with Crippen LogP contribution in [-0.2, 0) is 19.7 Å². The summed E-state index contributed by atoms with van der Waals surface area (Å²) in [6.07, 6.45) is 5.57. The van der Waals surface area contributed by atoms with Crippen LogP contribution in [0.25, 0.3) is 0 Å². The molecule has 2 spiro atoms. The van der Waals surface area contributed by atoms with Crippen LogP contribution in [-0.4, -0.2) is 20.9 Å². The highest BCUT2D eigenvalue weighted by Crippen LogP contribution is 2.68. The van der Waals surface area contributed by atoms with E-state index in [1.54, 1.807) is 36.4 Å². The van der Waals surface area contributed by atoms with Crippen molar-refractivity contribution in [2.75, 3.05) is 0 Å². The average Bonchev–Trinajstić information content (AvgIpc) is 3.45. The van der Waals surface area contributed by atoms with Gasteiger partial charge in [-0.25, -0.2) is 16.8 Å². The van der Waals surface area contributed by atoms with Crippen molar-refractivity contribution >= 4 is 19.7 Å². The van der Waals surface area contributed by atoms with Gasteiger partial charge in [-0.2, -0.15) is 0 Å². The van der Waals surface area contributed by atoms with Gasteiger partial charge in [-0.1, -0.05) is 60.7 Å². The third-order valence-electron chi connectivity index (χ3n) is 8.41. The van der Waals surface area contributed by atoms with E-state index >= 15 is 0 Å². The van der Waals surface area contributed by atoms with Crippen LogP contribution in [0, 0.1) is 10.8 Å². The molecule has 0 bridgehead atoms. The van der Waals surface area contributed by atoms with Crippen molar-refractivity contribution in [1.29, 1.82) is 0 Å². The molecule has 4 nitrogen and oxygen atoms in total. The number of benzene rings is 2. The van der Waals surface area contributed by atoms with Crippen LogP contribution >= 0.6 is 0 Å². The maximum absolute atomic E-state index is 14.2. The van der Waals surface area contributed by atoms with Crippen LogP contribution in [0.2, 0.25) is 0 Å². The minimum absolute atomic E-state index is 0.0521. The highest BCUT2D eigenvalue weighted by atomic mass is 32.3. The van der Waals surface area contributed by atoms with E-state index in [1.807, 2.05) is 0 Å². The quantitative estimate of drug-likeness (QED) is 0.511. The van der Waals surface area contributed by atoms with Gasteiger partial charge in [0, 0.05) is 6.42 Å². The maximum Gasteiger partial charge on any atom is 0.199 e. The fourth-order valence-corrected chi connectivity index (χ4v) is 12.0. The van der Waals surface area contributed by atoms with E-state index in [0.29, 0.717) is 0 Å². The van der Waals surface area contributed by atoms with Crippen molar-refractivity contribution in [3.63, 3.8) is 0 Å². The van der Waals surface area contributed by atoms with E-state index in [2.05, 4.69) is 13.2 Å². The monoisotopic (exact) mass is 482 g/mol. The second-order valence-corrected chi connectivity index (χ2v) is 15.2. The summed E-state index contributed by atoms with van der Waals surface area (Å²) in [5.74, 6) is 0. The first-order chi connectivity index (χ1) is 15.6. The molecule has 6 heteroatoms. The van der Waals surface area contributed by atoms with Crippen LogP contribution in [0.3, 0.4) is 0 Å². The van der Waals surface area contributed by atoms with Gasteiger partial charge in [0.25, 0.3) is 0 Å². The summed E-state index contributed by atoms with van der Waals surface area (Å²) in [7, 11) is -8.43. The van der Waals surface area contributed by atoms with E-state index in [-0.39, 0.29) is 28.0 Å². The lowest BCUT2D eigenvalue weighted by Gasteiger charge is -2.33. The standard InChI is InChI=1S/C27H30O4S2/c1-21-13-14-25(17-21)15-16-26(19-25)20-27(18-22(26)2,32(28,29)23-9-5-3-6-10-23)33(30,31)24-11-7-4-8-12-24/h3-12H,1-2,13-20H2. The van der Waals surface area contributed by atoms with Crippen molar-refractivity contribution < 1.29 is 16.8 Å². The molecule has 0 aliphatic heterocycles. The van der Waals surface area contributed by atoms with Gasteiger partial charge in [-0.15, -0.1) is 0 Å². The fourth-order valence-electron chi connectivity index (χ4n) is 6.73. The van der Waals surface area contributed by atoms with E-state index < -0.39 is 29.2 Å². The second kappa shape index (κ2) is 7.41. The van der Waals surface area contributed by atoms with Crippen LogP contribution in [0.4, 0.5) is 0 Å². The molecule has 2 atom stereocenters. The normalized spacial score (nSPS) is 29.3. The first-order valence-corrected chi connectivity index (χ1v) is 14.5. The fraction of sp³-hybridized carbons (Fsp3) is 0.407. The summed E-state index contributed by atoms with van der Waals surface area (Å²) >= 11 is 0. The summed E-state index contributed by atoms with van der Waals surface area (Å²) in [6.45, 7) is 8.50. The zero-order chi connectivity index (χ0) is 23.5. The van der Waals surface area contributed by atoms with Crippen molar-refractivity contribution in [3.8, 4) is 0 Å². The Labute approximate surface area is 197 Å². The summed E-state index contributed by atoms with van der Waals surface area (Å²) in [5.41, 5.74) is 1.64. The van der Waals surface area contributed by atoms with Gasteiger partial charge in [0.15, 0.2) is 23.8 Å². The van der Waals surface area contributed by atoms with Crippen molar-refractivity contribution in [3.05, 3.63) is 85.0 Å². The Morgan fingerprint density at radius 1 is 0.667 bits per heavy atom. The van der Waals surface area contributed by atoms with Gasteiger partial charge in [0.05, 0.1) is 9.79 Å². The third-order valence-corrected chi connectivity index (χ3v) is 14.0. The largest absolute Gasteiger partial charge is 0.222 e. The molecule has 3 aliphatic rings. The summed E-state index contributed by atoms with van der Waals surface area (Å²) in [4.78, 5) is 0.104. The minimum Gasteiger partial charge on any atom is -0.222 e. The molecule has 2 unspecified atom stereocenters. The van der Waals surface area contributed by atoms with E-state index in [1.165, 1.54) is 29.8 Å². The highest BCUT2D eigenvalue weighted by Gasteiger charge is 2.67. The Hall–Kier alpha value is -2.18. The first kappa shape index (κ1) is 22.6. The molecule has 5 rings (SSSR count). The van der Waals surface area contributed by atoms with Gasteiger partial charge >= 0.3 is 0 Å². The number of hydrogen-bond acceptors (Lipinski definition) is 4. The third kappa shape index (κ3) is 3.21. The minimum atomic E-state index is -4.21. The molecule has 174 valence electrons. The molecule has 0 amide bonds. The van der Waals surface area contributed by atoms with Gasteiger partial charge in [0.2, 0.25) is 0 Å². The van der Waals surface area contributed by atoms with E-state index in [4.69, 9.17) is 0 Å². The van der Waals surface area contributed by atoms with Crippen molar-refractivity contribution in [2.24, 2.45) is 10.8 Å².